The summed E-state index contributed by atoms with van der Waals surface area (Å²) in [5.74, 6) is 0.972. The minimum Gasteiger partial charge on any atom is -0.493 e. The van der Waals surface area contributed by atoms with Crippen molar-refractivity contribution in [2.24, 2.45) is 0 Å². The Bertz CT molecular complexity index is 1030. The molecule has 1 amide bonds. The van der Waals surface area contributed by atoms with E-state index in [0.717, 1.165) is 5.56 Å². The molecule has 0 radical (unpaired) electrons. The number of carbonyl (C=O) groups is 1. The molecular weight excluding hydrogens is 416 g/mol. The van der Waals surface area contributed by atoms with Gasteiger partial charge in [0.2, 0.25) is 10.0 Å². The van der Waals surface area contributed by atoms with Crippen molar-refractivity contribution in [1.29, 1.82) is 0 Å². The van der Waals surface area contributed by atoms with E-state index in [1.807, 2.05) is 0 Å². The lowest BCUT2D eigenvalue weighted by Crippen LogP contribution is -2.46. The predicted molar refractivity (Wildman–Crippen MR) is 119 cm³/mol. The van der Waals surface area contributed by atoms with E-state index in [4.69, 9.17) is 9.47 Å². The highest BCUT2D eigenvalue weighted by atomic mass is 32.2. The zero-order chi connectivity index (χ0) is 22.4. The molecule has 1 saturated heterocycles. The molecule has 0 atom stereocenters. The van der Waals surface area contributed by atoms with E-state index in [9.17, 15) is 13.2 Å². The Labute approximate surface area is 183 Å². The normalized spacial score (nSPS) is 14.8. The van der Waals surface area contributed by atoms with Crippen LogP contribution in [0.3, 0.4) is 0 Å². The molecule has 1 aliphatic rings. The number of benzene rings is 2. The molecule has 7 nitrogen and oxygen atoms in total. The van der Waals surface area contributed by atoms with Gasteiger partial charge in [0.05, 0.1) is 19.1 Å². The quantitative estimate of drug-likeness (QED) is 0.633. The number of rotatable bonds is 8. The van der Waals surface area contributed by atoms with E-state index in [1.165, 1.54) is 7.11 Å². The van der Waals surface area contributed by atoms with E-state index < -0.39 is 10.0 Å². The van der Waals surface area contributed by atoms with E-state index in [2.05, 4.69) is 11.3 Å². The number of nitrogens with zero attached hydrogens (tertiary/aromatic N) is 1. The Hall–Kier alpha value is -2.84. The van der Waals surface area contributed by atoms with Gasteiger partial charge in [-0.15, -0.1) is 6.58 Å². The van der Waals surface area contributed by atoms with Gasteiger partial charge in [0.25, 0.3) is 5.91 Å². The summed E-state index contributed by atoms with van der Waals surface area (Å²) in [6.45, 7) is 4.69. The van der Waals surface area contributed by atoms with Crippen molar-refractivity contribution in [3.05, 3.63) is 66.2 Å². The predicted octanol–water partition coefficient (Wildman–Crippen LogP) is 3.02. The molecule has 0 bridgehead atoms. The van der Waals surface area contributed by atoms with Crippen molar-refractivity contribution in [3.8, 4) is 11.5 Å². The Morgan fingerprint density at radius 2 is 1.84 bits per heavy atom. The van der Waals surface area contributed by atoms with Crippen LogP contribution in [0.25, 0.3) is 0 Å². The van der Waals surface area contributed by atoms with E-state index in [1.54, 1.807) is 60.6 Å². The first-order valence-corrected chi connectivity index (χ1v) is 11.6. The first kappa shape index (κ1) is 22.8. The van der Waals surface area contributed by atoms with Crippen LogP contribution in [-0.4, -0.2) is 52.6 Å². The van der Waals surface area contributed by atoms with Crippen LogP contribution in [0.5, 0.6) is 11.5 Å². The van der Waals surface area contributed by atoms with Crippen LogP contribution in [0.2, 0.25) is 0 Å². The maximum absolute atomic E-state index is 13.1. The van der Waals surface area contributed by atoms with Crippen molar-refractivity contribution >= 4 is 15.9 Å². The van der Waals surface area contributed by atoms with Gasteiger partial charge in [-0.25, -0.2) is 13.1 Å². The third-order valence-electron chi connectivity index (χ3n) is 5.32. The molecule has 1 aliphatic heterocycles. The standard InChI is InChI=1S/C23H28N2O5S/c1-4-8-17-15-18(16-21(29-2)22(17)30-3)23(26)25-13-11-19(12-14-25)24-31(27,28)20-9-6-5-7-10-20/h4-7,9-10,15-16,19,24H,1,8,11-14H2,2-3H3. The number of carbonyl (C=O) groups excluding carboxylic acids is 1. The highest BCUT2D eigenvalue weighted by Gasteiger charge is 2.28. The molecule has 0 spiro atoms. The molecule has 8 heteroatoms. The molecule has 1 N–H and O–H groups in total. The third-order valence-corrected chi connectivity index (χ3v) is 6.86. The number of hydrogen-bond donors (Lipinski definition) is 1. The summed E-state index contributed by atoms with van der Waals surface area (Å²) in [7, 11) is -0.473. The molecule has 2 aromatic rings. The number of nitrogens with one attached hydrogen (secondary N) is 1. The van der Waals surface area contributed by atoms with Gasteiger partial charge in [-0.3, -0.25) is 4.79 Å². The van der Waals surface area contributed by atoms with Gasteiger partial charge in [0.15, 0.2) is 11.5 Å². The van der Waals surface area contributed by atoms with Crippen LogP contribution in [0.15, 0.2) is 60.0 Å². The molecule has 0 saturated carbocycles. The van der Waals surface area contributed by atoms with Gasteiger partial charge in [-0.1, -0.05) is 24.3 Å². The average Bonchev–Trinajstić information content (AvgIpc) is 2.79. The fraction of sp³-hybridized carbons (Fsp3) is 0.348. The summed E-state index contributed by atoms with van der Waals surface area (Å²) < 4.78 is 38.7. The van der Waals surface area contributed by atoms with Gasteiger partial charge in [0.1, 0.15) is 0 Å². The topological polar surface area (TPSA) is 84.9 Å². The molecule has 3 rings (SSSR count). The Balaban J connectivity index is 1.69. The van der Waals surface area contributed by atoms with Crippen molar-refractivity contribution in [3.63, 3.8) is 0 Å². The molecule has 0 aromatic heterocycles. The average molecular weight is 445 g/mol. The number of allylic oxidation sites excluding steroid dienone is 1. The molecule has 1 heterocycles. The number of hydrogen-bond acceptors (Lipinski definition) is 5. The Kier molecular flexibility index (Phi) is 7.35. The number of likely N-dealkylation sites (tertiary alicyclic amines) is 1. The van der Waals surface area contributed by atoms with Crippen LogP contribution in [0, 0.1) is 0 Å². The zero-order valence-electron chi connectivity index (χ0n) is 17.8. The smallest absolute Gasteiger partial charge is 0.254 e. The molecule has 166 valence electrons. The van der Waals surface area contributed by atoms with E-state index >= 15 is 0 Å². The number of sulfonamides is 1. The number of piperidine rings is 1. The number of ether oxygens (including phenoxy) is 2. The van der Waals surface area contributed by atoms with Gasteiger partial charge < -0.3 is 14.4 Å². The Morgan fingerprint density at radius 3 is 2.42 bits per heavy atom. The molecule has 1 fully saturated rings. The lowest BCUT2D eigenvalue weighted by atomic mass is 10.0. The molecule has 0 aliphatic carbocycles. The molecule has 31 heavy (non-hydrogen) atoms. The van der Waals surface area contributed by atoms with Crippen molar-refractivity contribution in [2.75, 3.05) is 27.3 Å². The first-order valence-electron chi connectivity index (χ1n) is 10.1. The fourth-order valence-corrected chi connectivity index (χ4v) is 5.07. The van der Waals surface area contributed by atoms with Crippen LogP contribution >= 0.6 is 0 Å². The monoisotopic (exact) mass is 444 g/mol. The SMILES string of the molecule is C=CCc1cc(C(=O)N2CCC(NS(=O)(=O)c3ccccc3)CC2)cc(OC)c1OC. The van der Waals surface area contributed by atoms with Gasteiger partial charge in [-0.05, 0) is 43.5 Å². The summed E-state index contributed by atoms with van der Waals surface area (Å²) in [6.07, 6.45) is 3.38. The summed E-state index contributed by atoms with van der Waals surface area (Å²) in [5.41, 5.74) is 1.34. The summed E-state index contributed by atoms with van der Waals surface area (Å²) >= 11 is 0. The number of methoxy groups -OCH3 is 2. The first-order chi connectivity index (χ1) is 14.9. The summed E-state index contributed by atoms with van der Waals surface area (Å²) in [6, 6.07) is 11.6. The van der Waals surface area contributed by atoms with Crippen LogP contribution in [0.4, 0.5) is 0 Å². The zero-order valence-corrected chi connectivity index (χ0v) is 18.7. The van der Waals surface area contributed by atoms with Gasteiger partial charge in [-0.2, -0.15) is 0 Å². The maximum Gasteiger partial charge on any atom is 0.254 e. The second-order valence-corrected chi connectivity index (χ2v) is 9.08. The van der Waals surface area contributed by atoms with Crippen molar-refractivity contribution in [1.82, 2.24) is 9.62 Å². The maximum atomic E-state index is 13.1. The minimum atomic E-state index is -3.57. The van der Waals surface area contributed by atoms with Gasteiger partial charge in [0, 0.05) is 30.3 Å². The highest BCUT2D eigenvalue weighted by molar-refractivity contribution is 7.89. The number of amides is 1. The second kappa shape index (κ2) is 9.98. The van der Waals surface area contributed by atoms with Gasteiger partial charge >= 0.3 is 0 Å². The lowest BCUT2D eigenvalue weighted by molar-refractivity contribution is 0.0710. The van der Waals surface area contributed by atoms with Crippen molar-refractivity contribution < 1.29 is 22.7 Å². The molecule has 0 unspecified atom stereocenters. The van der Waals surface area contributed by atoms with E-state index in [0.29, 0.717) is 49.4 Å². The van der Waals surface area contributed by atoms with Crippen LogP contribution in [-0.2, 0) is 16.4 Å². The van der Waals surface area contributed by atoms with Crippen LogP contribution < -0.4 is 14.2 Å². The third kappa shape index (κ3) is 5.26. The largest absolute Gasteiger partial charge is 0.493 e. The molecular formula is C23H28N2O5S. The second-order valence-electron chi connectivity index (χ2n) is 7.36. The Morgan fingerprint density at radius 1 is 1.16 bits per heavy atom. The highest BCUT2D eigenvalue weighted by Crippen LogP contribution is 2.34. The van der Waals surface area contributed by atoms with Crippen molar-refractivity contribution in [2.45, 2.75) is 30.2 Å². The fourth-order valence-electron chi connectivity index (χ4n) is 3.74. The lowest BCUT2D eigenvalue weighted by Gasteiger charge is -2.32. The summed E-state index contributed by atoms with van der Waals surface area (Å²) in [4.78, 5) is 15.1. The molecule has 2 aromatic carbocycles. The summed E-state index contributed by atoms with van der Waals surface area (Å²) in [5, 5.41) is 0. The minimum absolute atomic E-state index is 0.115. The van der Waals surface area contributed by atoms with E-state index in [-0.39, 0.29) is 16.8 Å². The van der Waals surface area contributed by atoms with Crippen LogP contribution in [0.1, 0.15) is 28.8 Å².